The number of nitrogens with zero attached hydrogens (tertiary/aromatic N) is 2. The van der Waals surface area contributed by atoms with Gasteiger partial charge in [-0.25, -0.2) is 0 Å². The van der Waals surface area contributed by atoms with Crippen LogP contribution >= 0.6 is 0 Å². The molecule has 0 bridgehead atoms. The van der Waals surface area contributed by atoms with Crippen LogP contribution in [0.1, 0.15) is 26.5 Å². The molecule has 0 aliphatic carbocycles. The van der Waals surface area contributed by atoms with Crippen molar-refractivity contribution in [1.82, 2.24) is 9.78 Å². The lowest BCUT2D eigenvalue weighted by molar-refractivity contribution is -0.114. The van der Waals surface area contributed by atoms with Gasteiger partial charge in [0.25, 0.3) is 0 Å². The quantitative estimate of drug-likeness (QED) is 0.772. The molecule has 0 amide bonds. The summed E-state index contributed by atoms with van der Waals surface area (Å²) in [5.41, 5.74) is 2.99. The van der Waals surface area contributed by atoms with E-state index < -0.39 is 0 Å². The molecule has 0 saturated heterocycles. The molecule has 94 valence electrons. The molecule has 0 spiro atoms. The molecule has 0 radical (unpaired) electrons. The van der Waals surface area contributed by atoms with Gasteiger partial charge in [-0.1, -0.05) is 23.8 Å². The third-order valence-corrected chi connectivity index (χ3v) is 2.83. The molecule has 2 rings (SSSR count). The first-order valence-corrected chi connectivity index (χ1v) is 6.24. The number of carbonyl (C=O) groups is 1. The molecule has 1 heterocycles. The van der Waals surface area contributed by atoms with Crippen molar-refractivity contribution < 1.29 is 4.79 Å². The number of hydrogen-bond acceptors (Lipinski definition) is 2. The standard InChI is InChI=1S/C15H18N2O/c1-4-17-15-8-6-5-7-13(15)14(16-17)10-12(18)9-11(2)3/h5-9H,4,10H2,1-3H3. The zero-order chi connectivity index (χ0) is 13.1. The number of carbonyl (C=O) groups excluding carboxylic acids is 1. The van der Waals surface area contributed by atoms with Gasteiger partial charge in [0.05, 0.1) is 17.6 Å². The maximum Gasteiger partial charge on any atom is 0.161 e. The lowest BCUT2D eigenvalue weighted by atomic mass is 10.1. The number of hydrogen-bond donors (Lipinski definition) is 0. The molecule has 0 unspecified atom stereocenters. The smallest absolute Gasteiger partial charge is 0.161 e. The summed E-state index contributed by atoms with van der Waals surface area (Å²) in [4.78, 5) is 11.8. The van der Waals surface area contributed by atoms with E-state index in [1.807, 2.05) is 42.8 Å². The maximum atomic E-state index is 11.8. The Balaban J connectivity index is 2.40. The van der Waals surface area contributed by atoms with Gasteiger partial charge in [0.2, 0.25) is 0 Å². The molecule has 1 aromatic heterocycles. The Kier molecular flexibility index (Phi) is 3.60. The number of para-hydroxylation sites is 1. The fraction of sp³-hybridized carbons (Fsp3) is 0.333. The lowest BCUT2D eigenvalue weighted by Gasteiger charge is -1.95. The van der Waals surface area contributed by atoms with Gasteiger partial charge < -0.3 is 0 Å². The summed E-state index contributed by atoms with van der Waals surface area (Å²) in [6.45, 7) is 6.74. The second kappa shape index (κ2) is 5.17. The van der Waals surface area contributed by atoms with Crippen LogP contribution in [-0.4, -0.2) is 15.6 Å². The molecular weight excluding hydrogens is 224 g/mol. The van der Waals surface area contributed by atoms with E-state index in [9.17, 15) is 4.79 Å². The van der Waals surface area contributed by atoms with E-state index in [1.54, 1.807) is 6.08 Å². The minimum absolute atomic E-state index is 0.113. The minimum atomic E-state index is 0.113. The Morgan fingerprint density at radius 1 is 1.33 bits per heavy atom. The Morgan fingerprint density at radius 2 is 2.06 bits per heavy atom. The monoisotopic (exact) mass is 242 g/mol. The van der Waals surface area contributed by atoms with Gasteiger partial charge in [-0.2, -0.15) is 5.10 Å². The first kappa shape index (κ1) is 12.6. The fourth-order valence-electron chi connectivity index (χ4n) is 2.11. The molecule has 0 saturated carbocycles. The second-order valence-corrected chi connectivity index (χ2v) is 4.64. The molecular formula is C15H18N2O. The van der Waals surface area contributed by atoms with Gasteiger partial charge in [0.15, 0.2) is 5.78 Å². The van der Waals surface area contributed by atoms with Gasteiger partial charge in [-0.05, 0) is 32.9 Å². The van der Waals surface area contributed by atoms with Gasteiger partial charge in [0, 0.05) is 11.9 Å². The van der Waals surface area contributed by atoms with E-state index in [-0.39, 0.29) is 5.78 Å². The van der Waals surface area contributed by atoms with Crippen LogP contribution in [0.4, 0.5) is 0 Å². The molecule has 0 atom stereocenters. The summed E-state index contributed by atoms with van der Waals surface area (Å²) < 4.78 is 1.94. The van der Waals surface area contributed by atoms with Crippen LogP contribution in [0.2, 0.25) is 0 Å². The molecule has 2 aromatic rings. The predicted octanol–water partition coefficient (Wildman–Crippen LogP) is 3.13. The normalized spacial score (nSPS) is 10.6. The summed E-state index contributed by atoms with van der Waals surface area (Å²) in [6.07, 6.45) is 2.05. The molecule has 3 nitrogen and oxygen atoms in total. The van der Waals surface area contributed by atoms with Crippen molar-refractivity contribution in [1.29, 1.82) is 0 Å². The fourth-order valence-corrected chi connectivity index (χ4v) is 2.11. The minimum Gasteiger partial charge on any atom is -0.294 e. The van der Waals surface area contributed by atoms with Crippen molar-refractivity contribution in [2.45, 2.75) is 33.7 Å². The number of aromatic nitrogens is 2. The zero-order valence-corrected chi connectivity index (χ0v) is 11.1. The van der Waals surface area contributed by atoms with Crippen molar-refractivity contribution in [3.05, 3.63) is 41.6 Å². The number of benzene rings is 1. The highest BCUT2D eigenvalue weighted by molar-refractivity contribution is 5.95. The average molecular weight is 242 g/mol. The molecule has 0 aliphatic heterocycles. The van der Waals surface area contributed by atoms with Gasteiger partial charge in [-0.15, -0.1) is 0 Å². The average Bonchev–Trinajstić information content (AvgIpc) is 2.67. The molecule has 1 aromatic carbocycles. The Morgan fingerprint density at radius 3 is 2.72 bits per heavy atom. The third kappa shape index (κ3) is 2.50. The lowest BCUT2D eigenvalue weighted by Crippen LogP contribution is -2.02. The van der Waals surface area contributed by atoms with E-state index in [0.29, 0.717) is 6.42 Å². The second-order valence-electron chi connectivity index (χ2n) is 4.64. The highest BCUT2D eigenvalue weighted by Crippen LogP contribution is 2.19. The first-order valence-electron chi connectivity index (χ1n) is 6.24. The highest BCUT2D eigenvalue weighted by Gasteiger charge is 2.11. The van der Waals surface area contributed by atoms with Crippen LogP contribution in [0.15, 0.2) is 35.9 Å². The van der Waals surface area contributed by atoms with Crippen molar-refractivity contribution in [2.24, 2.45) is 0 Å². The van der Waals surface area contributed by atoms with Crippen molar-refractivity contribution in [3.63, 3.8) is 0 Å². The number of fused-ring (bicyclic) bond motifs is 1. The van der Waals surface area contributed by atoms with E-state index in [2.05, 4.69) is 12.0 Å². The van der Waals surface area contributed by atoms with Crippen LogP contribution in [0.25, 0.3) is 10.9 Å². The maximum absolute atomic E-state index is 11.8. The summed E-state index contributed by atoms with van der Waals surface area (Å²) >= 11 is 0. The van der Waals surface area contributed by atoms with Gasteiger partial charge in [-0.3, -0.25) is 9.48 Å². The van der Waals surface area contributed by atoms with E-state index in [1.165, 1.54) is 0 Å². The predicted molar refractivity (Wildman–Crippen MR) is 73.5 cm³/mol. The number of rotatable bonds is 4. The number of aryl methyl sites for hydroxylation is 1. The SMILES string of the molecule is CCn1nc(CC(=O)C=C(C)C)c2ccccc21. The largest absolute Gasteiger partial charge is 0.294 e. The molecule has 0 aliphatic rings. The van der Waals surface area contributed by atoms with E-state index in [4.69, 9.17) is 0 Å². The number of ketones is 1. The van der Waals surface area contributed by atoms with Crippen molar-refractivity contribution in [3.8, 4) is 0 Å². The van der Waals surface area contributed by atoms with Gasteiger partial charge >= 0.3 is 0 Å². The van der Waals surface area contributed by atoms with E-state index >= 15 is 0 Å². The van der Waals surface area contributed by atoms with Gasteiger partial charge in [0.1, 0.15) is 0 Å². The topological polar surface area (TPSA) is 34.9 Å². The summed E-state index contributed by atoms with van der Waals surface area (Å²) in [7, 11) is 0. The van der Waals surface area contributed by atoms with Crippen molar-refractivity contribution in [2.75, 3.05) is 0 Å². The summed E-state index contributed by atoms with van der Waals surface area (Å²) in [6, 6.07) is 8.05. The Hall–Kier alpha value is -1.90. The summed E-state index contributed by atoms with van der Waals surface area (Å²) in [5.74, 6) is 0.113. The van der Waals surface area contributed by atoms with Crippen LogP contribution < -0.4 is 0 Å². The third-order valence-electron chi connectivity index (χ3n) is 2.83. The first-order chi connectivity index (χ1) is 8.61. The number of allylic oxidation sites excluding steroid dienone is 2. The van der Waals surface area contributed by atoms with Crippen molar-refractivity contribution >= 4 is 16.7 Å². The Labute approximate surface area is 107 Å². The summed E-state index contributed by atoms with van der Waals surface area (Å²) in [5, 5.41) is 5.60. The molecule has 3 heteroatoms. The van der Waals surface area contributed by atoms with Crippen LogP contribution in [0.5, 0.6) is 0 Å². The molecule has 0 N–H and O–H groups in total. The van der Waals surface area contributed by atoms with E-state index in [0.717, 1.165) is 28.7 Å². The van der Waals surface area contributed by atoms with Crippen LogP contribution in [0, 0.1) is 0 Å². The Bertz CT molecular complexity index is 604. The van der Waals surface area contributed by atoms with Crippen LogP contribution in [-0.2, 0) is 17.8 Å². The highest BCUT2D eigenvalue weighted by atomic mass is 16.1. The zero-order valence-electron chi connectivity index (χ0n) is 11.1. The molecule has 18 heavy (non-hydrogen) atoms. The molecule has 0 fully saturated rings. The van der Waals surface area contributed by atoms with Crippen LogP contribution in [0.3, 0.4) is 0 Å².